The van der Waals surface area contributed by atoms with E-state index in [0.717, 1.165) is 0 Å². The molecule has 0 aliphatic rings. The maximum Gasteiger partial charge on any atom is 0.262 e. The summed E-state index contributed by atoms with van der Waals surface area (Å²) in [5, 5.41) is 12.1. The highest BCUT2D eigenvalue weighted by atomic mass is 32.1. The Morgan fingerprint density at radius 1 is 1.22 bits per heavy atom. The molecule has 1 unspecified atom stereocenters. The summed E-state index contributed by atoms with van der Waals surface area (Å²) >= 11 is 1.19. The first-order valence-corrected chi connectivity index (χ1v) is 7.80. The summed E-state index contributed by atoms with van der Waals surface area (Å²) < 4.78 is 19.0. The number of nitrogens with one attached hydrogen (secondary N) is 1. The van der Waals surface area contributed by atoms with Gasteiger partial charge < -0.3 is 14.8 Å². The second-order valence-electron chi connectivity index (χ2n) is 4.87. The Hall–Kier alpha value is -2.44. The van der Waals surface area contributed by atoms with Gasteiger partial charge in [0.15, 0.2) is 0 Å². The zero-order valence-corrected chi connectivity index (χ0v) is 12.8. The van der Waals surface area contributed by atoms with Crippen molar-refractivity contribution in [1.82, 2.24) is 5.32 Å². The molecule has 2 N–H and O–H groups in total. The molecule has 0 bridgehead atoms. The molecule has 3 aromatic rings. The molecule has 1 amide bonds. The molecule has 6 heteroatoms. The Morgan fingerprint density at radius 2 is 2.04 bits per heavy atom. The third kappa shape index (κ3) is 3.33. The van der Waals surface area contributed by atoms with E-state index in [-0.39, 0.29) is 18.3 Å². The lowest BCUT2D eigenvalue weighted by molar-refractivity contribution is 0.0911. The van der Waals surface area contributed by atoms with Gasteiger partial charge in [0.1, 0.15) is 17.6 Å². The number of aliphatic hydroxyl groups excluding tert-OH is 1. The zero-order chi connectivity index (χ0) is 16.2. The number of benzene rings is 1. The molecule has 0 fully saturated rings. The van der Waals surface area contributed by atoms with E-state index in [1.165, 1.54) is 23.7 Å². The van der Waals surface area contributed by atoms with Crippen molar-refractivity contribution in [2.24, 2.45) is 0 Å². The summed E-state index contributed by atoms with van der Waals surface area (Å²) in [6.45, 7) is -0.273. The zero-order valence-electron chi connectivity index (χ0n) is 12.0. The molecular weight excluding hydrogens is 317 g/mol. The van der Waals surface area contributed by atoms with E-state index < -0.39 is 6.04 Å². The van der Waals surface area contributed by atoms with E-state index in [1.54, 1.807) is 42.5 Å². The molecule has 0 radical (unpaired) electrons. The molecule has 23 heavy (non-hydrogen) atoms. The second kappa shape index (κ2) is 6.76. The number of thiophene rings is 1. The highest BCUT2D eigenvalue weighted by molar-refractivity contribution is 7.17. The van der Waals surface area contributed by atoms with Crippen LogP contribution in [-0.2, 0) is 0 Å². The van der Waals surface area contributed by atoms with Gasteiger partial charge in [0, 0.05) is 10.4 Å². The van der Waals surface area contributed by atoms with Crippen LogP contribution >= 0.6 is 11.3 Å². The van der Waals surface area contributed by atoms with Crippen molar-refractivity contribution in [3.63, 3.8) is 0 Å². The minimum Gasteiger partial charge on any atom is -0.467 e. The average molecular weight is 331 g/mol. The Kier molecular flexibility index (Phi) is 4.55. The molecule has 0 aliphatic carbocycles. The van der Waals surface area contributed by atoms with Gasteiger partial charge in [0.25, 0.3) is 5.91 Å². The van der Waals surface area contributed by atoms with Crippen LogP contribution in [0.4, 0.5) is 4.39 Å². The van der Waals surface area contributed by atoms with Crippen molar-refractivity contribution in [1.29, 1.82) is 0 Å². The molecule has 1 aromatic carbocycles. The van der Waals surface area contributed by atoms with Gasteiger partial charge in [-0.3, -0.25) is 4.79 Å². The van der Waals surface area contributed by atoms with Gasteiger partial charge in [-0.05, 0) is 30.3 Å². The number of carbonyl (C=O) groups excluding carboxylic acids is 1. The predicted molar refractivity (Wildman–Crippen MR) is 85.7 cm³/mol. The number of aliphatic hydroxyl groups is 1. The first kappa shape index (κ1) is 15.5. The Bertz CT molecular complexity index is 798. The number of carbonyl (C=O) groups is 1. The molecule has 2 heterocycles. The first-order chi connectivity index (χ1) is 11.2. The second-order valence-corrected chi connectivity index (χ2v) is 5.95. The standard InChI is InChI=1S/C17H14FNO3S/c18-12-5-2-1-4-11(12)15-7-8-16(23-15)17(21)19-13(10-20)14-6-3-9-22-14/h1-9,13,20H,10H2,(H,19,21). The number of hydrogen-bond donors (Lipinski definition) is 2. The van der Waals surface area contributed by atoms with E-state index >= 15 is 0 Å². The van der Waals surface area contributed by atoms with Gasteiger partial charge in [-0.1, -0.05) is 18.2 Å². The van der Waals surface area contributed by atoms with Crippen LogP contribution in [0.1, 0.15) is 21.5 Å². The van der Waals surface area contributed by atoms with Crippen LogP contribution in [-0.4, -0.2) is 17.6 Å². The molecular formula is C17H14FNO3S. The van der Waals surface area contributed by atoms with Crippen LogP contribution in [0.2, 0.25) is 0 Å². The smallest absolute Gasteiger partial charge is 0.262 e. The van der Waals surface area contributed by atoms with E-state index in [4.69, 9.17) is 4.42 Å². The SMILES string of the molecule is O=C(NC(CO)c1ccco1)c1ccc(-c2ccccc2F)s1. The maximum atomic E-state index is 13.8. The fourth-order valence-electron chi connectivity index (χ4n) is 2.19. The largest absolute Gasteiger partial charge is 0.467 e. The molecule has 1 atom stereocenters. The fraction of sp³-hybridized carbons (Fsp3) is 0.118. The van der Waals surface area contributed by atoms with Crippen LogP contribution in [0.3, 0.4) is 0 Å². The number of hydrogen-bond acceptors (Lipinski definition) is 4. The highest BCUT2D eigenvalue weighted by Crippen LogP contribution is 2.30. The van der Waals surface area contributed by atoms with Gasteiger partial charge in [0.2, 0.25) is 0 Å². The van der Waals surface area contributed by atoms with Crippen LogP contribution in [0.15, 0.2) is 59.2 Å². The summed E-state index contributed by atoms with van der Waals surface area (Å²) in [6, 6.07) is 12.5. The molecule has 0 aliphatic heterocycles. The number of furan rings is 1. The minimum atomic E-state index is -0.614. The van der Waals surface area contributed by atoms with Crippen molar-refractivity contribution in [2.45, 2.75) is 6.04 Å². The van der Waals surface area contributed by atoms with Crippen molar-refractivity contribution >= 4 is 17.2 Å². The Morgan fingerprint density at radius 3 is 2.74 bits per heavy atom. The first-order valence-electron chi connectivity index (χ1n) is 6.99. The predicted octanol–water partition coefficient (Wildman–Crippen LogP) is 3.61. The van der Waals surface area contributed by atoms with Crippen LogP contribution < -0.4 is 5.32 Å². The van der Waals surface area contributed by atoms with E-state index in [0.29, 0.717) is 21.1 Å². The molecule has 0 saturated heterocycles. The van der Waals surface area contributed by atoms with Crippen molar-refractivity contribution in [3.8, 4) is 10.4 Å². The average Bonchev–Trinajstić information content (AvgIpc) is 3.24. The van der Waals surface area contributed by atoms with Crippen molar-refractivity contribution in [2.75, 3.05) is 6.61 Å². The monoisotopic (exact) mass is 331 g/mol. The summed E-state index contributed by atoms with van der Waals surface area (Å²) in [4.78, 5) is 13.4. The van der Waals surface area contributed by atoms with Gasteiger partial charge in [-0.15, -0.1) is 11.3 Å². The fourth-order valence-corrected chi connectivity index (χ4v) is 3.13. The van der Waals surface area contributed by atoms with Crippen LogP contribution in [0.5, 0.6) is 0 Å². The molecule has 4 nitrogen and oxygen atoms in total. The van der Waals surface area contributed by atoms with E-state index in [1.807, 2.05) is 0 Å². The highest BCUT2D eigenvalue weighted by Gasteiger charge is 2.19. The molecule has 2 aromatic heterocycles. The van der Waals surface area contributed by atoms with Gasteiger partial charge >= 0.3 is 0 Å². The molecule has 118 valence electrons. The number of halogens is 1. The molecule has 3 rings (SSSR count). The topological polar surface area (TPSA) is 62.5 Å². The lowest BCUT2D eigenvalue weighted by atomic mass is 10.2. The summed E-state index contributed by atoms with van der Waals surface area (Å²) in [7, 11) is 0. The van der Waals surface area contributed by atoms with Gasteiger partial charge in [-0.25, -0.2) is 4.39 Å². The lowest BCUT2D eigenvalue weighted by Crippen LogP contribution is -2.29. The third-order valence-corrected chi connectivity index (χ3v) is 4.46. The summed E-state index contributed by atoms with van der Waals surface area (Å²) in [6.07, 6.45) is 1.48. The number of amides is 1. The van der Waals surface area contributed by atoms with Gasteiger partial charge in [0.05, 0.1) is 17.7 Å². The quantitative estimate of drug-likeness (QED) is 0.751. The minimum absolute atomic E-state index is 0.273. The Balaban J connectivity index is 1.78. The van der Waals surface area contributed by atoms with E-state index in [2.05, 4.69) is 5.32 Å². The summed E-state index contributed by atoms with van der Waals surface area (Å²) in [5.74, 6) is -0.190. The van der Waals surface area contributed by atoms with Crippen LogP contribution in [0, 0.1) is 5.82 Å². The molecule has 0 saturated carbocycles. The number of rotatable bonds is 5. The van der Waals surface area contributed by atoms with Crippen molar-refractivity contribution in [3.05, 3.63) is 71.2 Å². The Labute approximate surface area is 136 Å². The van der Waals surface area contributed by atoms with Crippen LogP contribution in [0.25, 0.3) is 10.4 Å². The lowest BCUT2D eigenvalue weighted by Gasteiger charge is -2.12. The van der Waals surface area contributed by atoms with Crippen molar-refractivity contribution < 1.29 is 18.7 Å². The third-order valence-electron chi connectivity index (χ3n) is 3.34. The van der Waals surface area contributed by atoms with Gasteiger partial charge in [-0.2, -0.15) is 0 Å². The molecule has 0 spiro atoms. The normalized spacial score (nSPS) is 12.1. The van der Waals surface area contributed by atoms with E-state index in [9.17, 15) is 14.3 Å². The maximum absolute atomic E-state index is 13.8. The summed E-state index contributed by atoms with van der Waals surface area (Å²) in [5.41, 5.74) is 0.460.